The first-order valence-corrected chi connectivity index (χ1v) is 7.73. The first kappa shape index (κ1) is 15.3. The summed E-state index contributed by atoms with van der Waals surface area (Å²) in [6.07, 6.45) is 0. The first-order valence-electron chi connectivity index (χ1n) is 7.73. The second kappa shape index (κ2) is 7.09. The lowest BCUT2D eigenvalue weighted by molar-refractivity contribution is 0.232. The van der Waals surface area contributed by atoms with Crippen LogP contribution in [0.15, 0.2) is 12.1 Å². The van der Waals surface area contributed by atoms with Crippen molar-refractivity contribution in [2.75, 3.05) is 32.8 Å². The van der Waals surface area contributed by atoms with Gasteiger partial charge in [-0.25, -0.2) is 0 Å². The number of nitrogens with one attached hydrogen (secondary N) is 1. The minimum absolute atomic E-state index is 0.565. The summed E-state index contributed by atoms with van der Waals surface area (Å²) in [5.74, 6) is 1.61. The van der Waals surface area contributed by atoms with Crippen molar-refractivity contribution < 1.29 is 4.74 Å². The van der Waals surface area contributed by atoms with Crippen molar-refractivity contribution in [3.8, 4) is 5.75 Å². The van der Waals surface area contributed by atoms with Gasteiger partial charge >= 0.3 is 0 Å². The molecule has 1 aliphatic rings. The molecule has 1 saturated heterocycles. The van der Waals surface area contributed by atoms with Crippen LogP contribution in [0.1, 0.15) is 30.5 Å². The van der Waals surface area contributed by atoms with Gasteiger partial charge in [0.15, 0.2) is 0 Å². The Morgan fingerprint density at radius 2 is 1.85 bits per heavy atom. The van der Waals surface area contributed by atoms with Crippen molar-refractivity contribution >= 4 is 0 Å². The zero-order valence-corrected chi connectivity index (χ0v) is 13.3. The maximum atomic E-state index is 5.90. The Labute approximate surface area is 123 Å². The predicted octanol–water partition coefficient (Wildman–Crippen LogP) is 2.74. The Morgan fingerprint density at radius 3 is 2.50 bits per heavy atom. The number of hydrogen-bond donors (Lipinski definition) is 1. The topological polar surface area (TPSA) is 24.5 Å². The van der Waals surface area contributed by atoms with Gasteiger partial charge in [0, 0.05) is 32.7 Å². The van der Waals surface area contributed by atoms with Gasteiger partial charge in [-0.15, -0.1) is 0 Å². The largest absolute Gasteiger partial charge is 0.493 e. The van der Waals surface area contributed by atoms with E-state index in [1.807, 2.05) is 0 Å². The van der Waals surface area contributed by atoms with Gasteiger partial charge in [-0.1, -0.05) is 19.9 Å². The molecule has 3 nitrogen and oxygen atoms in total. The number of nitrogens with zero attached hydrogens (tertiary/aromatic N) is 1. The average molecular weight is 276 g/mol. The van der Waals surface area contributed by atoms with E-state index in [0.717, 1.165) is 45.1 Å². The third kappa shape index (κ3) is 3.97. The van der Waals surface area contributed by atoms with E-state index in [4.69, 9.17) is 4.74 Å². The van der Waals surface area contributed by atoms with E-state index in [1.54, 1.807) is 0 Å². The molecule has 20 heavy (non-hydrogen) atoms. The Balaban J connectivity index is 2.05. The van der Waals surface area contributed by atoms with Crippen molar-refractivity contribution in [1.29, 1.82) is 0 Å². The summed E-state index contributed by atoms with van der Waals surface area (Å²) in [4.78, 5) is 2.52. The van der Waals surface area contributed by atoms with Crippen molar-refractivity contribution in [3.63, 3.8) is 0 Å². The summed E-state index contributed by atoms with van der Waals surface area (Å²) in [6.45, 7) is 15.1. The van der Waals surface area contributed by atoms with E-state index in [0.29, 0.717) is 5.92 Å². The Hall–Kier alpha value is -1.06. The van der Waals surface area contributed by atoms with Gasteiger partial charge in [0.1, 0.15) is 5.75 Å². The molecule has 3 heteroatoms. The Morgan fingerprint density at radius 1 is 1.15 bits per heavy atom. The molecule has 0 aliphatic carbocycles. The molecule has 0 bridgehead atoms. The van der Waals surface area contributed by atoms with Crippen LogP contribution >= 0.6 is 0 Å². The summed E-state index contributed by atoms with van der Waals surface area (Å²) < 4.78 is 5.90. The van der Waals surface area contributed by atoms with Crippen molar-refractivity contribution in [3.05, 3.63) is 28.8 Å². The van der Waals surface area contributed by atoms with Crippen LogP contribution in [0.25, 0.3) is 0 Å². The van der Waals surface area contributed by atoms with Gasteiger partial charge in [-0.2, -0.15) is 0 Å². The second-order valence-corrected chi connectivity index (χ2v) is 6.20. The van der Waals surface area contributed by atoms with E-state index in [9.17, 15) is 0 Å². The summed E-state index contributed by atoms with van der Waals surface area (Å²) in [5, 5.41) is 3.40. The van der Waals surface area contributed by atoms with E-state index < -0.39 is 0 Å². The zero-order valence-electron chi connectivity index (χ0n) is 13.3. The molecule has 0 spiro atoms. The standard InChI is InChI=1S/C17H28N2O/c1-13(2)12-20-17-6-5-16(14(3)15(17)4)11-19-9-7-18-8-10-19/h5-6,13,18H,7-12H2,1-4H3. The molecule has 0 amide bonds. The maximum Gasteiger partial charge on any atom is 0.122 e. The smallest absolute Gasteiger partial charge is 0.122 e. The molecular formula is C17H28N2O. The molecule has 0 saturated carbocycles. The van der Waals surface area contributed by atoms with Gasteiger partial charge in [0.25, 0.3) is 0 Å². The highest BCUT2D eigenvalue weighted by Crippen LogP contribution is 2.25. The molecule has 1 aliphatic heterocycles. The lowest BCUT2D eigenvalue weighted by Gasteiger charge is -2.28. The van der Waals surface area contributed by atoms with Crippen LogP contribution in [-0.4, -0.2) is 37.7 Å². The Kier molecular flexibility index (Phi) is 5.44. The predicted molar refractivity (Wildman–Crippen MR) is 84.4 cm³/mol. The van der Waals surface area contributed by atoms with Crippen LogP contribution in [0.4, 0.5) is 0 Å². The molecule has 2 rings (SSSR count). The number of hydrogen-bond acceptors (Lipinski definition) is 3. The van der Waals surface area contributed by atoms with Crippen LogP contribution in [-0.2, 0) is 6.54 Å². The monoisotopic (exact) mass is 276 g/mol. The van der Waals surface area contributed by atoms with E-state index in [2.05, 4.69) is 50.0 Å². The van der Waals surface area contributed by atoms with Crippen molar-refractivity contribution in [1.82, 2.24) is 10.2 Å². The van der Waals surface area contributed by atoms with Crippen molar-refractivity contribution in [2.24, 2.45) is 5.92 Å². The molecule has 0 aromatic heterocycles. The minimum Gasteiger partial charge on any atom is -0.493 e. The lowest BCUT2D eigenvalue weighted by atomic mass is 10.0. The third-order valence-corrected chi connectivity index (χ3v) is 4.03. The molecule has 0 atom stereocenters. The fourth-order valence-corrected chi connectivity index (χ4v) is 2.55. The Bertz CT molecular complexity index is 437. The van der Waals surface area contributed by atoms with Crippen LogP contribution < -0.4 is 10.1 Å². The second-order valence-electron chi connectivity index (χ2n) is 6.20. The van der Waals surface area contributed by atoms with E-state index in [-0.39, 0.29) is 0 Å². The molecule has 0 radical (unpaired) electrons. The molecule has 112 valence electrons. The molecule has 0 unspecified atom stereocenters. The van der Waals surface area contributed by atoms with Gasteiger partial charge in [0.05, 0.1) is 6.61 Å². The summed E-state index contributed by atoms with van der Waals surface area (Å²) in [6, 6.07) is 4.38. The zero-order chi connectivity index (χ0) is 14.5. The fourth-order valence-electron chi connectivity index (χ4n) is 2.55. The van der Waals surface area contributed by atoms with Crippen LogP contribution in [0.5, 0.6) is 5.75 Å². The van der Waals surface area contributed by atoms with Crippen LogP contribution in [0.3, 0.4) is 0 Å². The van der Waals surface area contributed by atoms with Crippen LogP contribution in [0.2, 0.25) is 0 Å². The van der Waals surface area contributed by atoms with Crippen LogP contribution in [0, 0.1) is 19.8 Å². The third-order valence-electron chi connectivity index (χ3n) is 4.03. The number of piperazine rings is 1. The van der Waals surface area contributed by atoms with Gasteiger partial charge in [0.2, 0.25) is 0 Å². The van der Waals surface area contributed by atoms with Gasteiger partial charge < -0.3 is 10.1 Å². The fraction of sp³-hybridized carbons (Fsp3) is 0.647. The van der Waals surface area contributed by atoms with Gasteiger partial charge in [-0.3, -0.25) is 4.90 Å². The number of benzene rings is 1. The highest BCUT2D eigenvalue weighted by molar-refractivity contribution is 5.43. The number of ether oxygens (including phenoxy) is 1. The molecule has 1 heterocycles. The van der Waals surface area contributed by atoms with Gasteiger partial charge in [-0.05, 0) is 42.5 Å². The molecule has 1 aromatic rings. The maximum absolute atomic E-state index is 5.90. The minimum atomic E-state index is 0.565. The molecule has 1 aromatic carbocycles. The normalized spacial score (nSPS) is 16.6. The summed E-state index contributed by atoms with van der Waals surface area (Å²) in [7, 11) is 0. The van der Waals surface area contributed by atoms with E-state index >= 15 is 0 Å². The van der Waals surface area contributed by atoms with Crippen molar-refractivity contribution in [2.45, 2.75) is 34.2 Å². The lowest BCUT2D eigenvalue weighted by Crippen LogP contribution is -2.43. The average Bonchev–Trinajstić information content (AvgIpc) is 2.44. The summed E-state index contributed by atoms with van der Waals surface area (Å²) >= 11 is 0. The number of rotatable bonds is 5. The SMILES string of the molecule is Cc1c(CN2CCNCC2)ccc(OCC(C)C)c1C. The van der Waals surface area contributed by atoms with E-state index in [1.165, 1.54) is 16.7 Å². The molecule has 1 N–H and O–H groups in total. The highest BCUT2D eigenvalue weighted by Gasteiger charge is 2.13. The molecule has 1 fully saturated rings. The first-order chi connectivity index (χ1) is 9.58. The molecular weight excluding hydrogens is 248 g/mol. The summed E-state index contributed by atoms with van der Waals surface area (Å²) in [5.41, 5.74) is 4.10. The quantitative estimate of drug-likeness (QED) is 0.895. The highest BCUT2D eigenvalue weighted by atomic mass is 16.5.